The first-order valence-electron chi connectivity index (χ1n) is 7.45. The lowest BCUT2D eigenvalue weighted by atomic mass is 9.94. The van der Waals surface area contributed by atoms with E-state index >= 15 is 0 Å². The molecular weight excluding hydrogens is 274 g/mol. The maximum atomic E-state index is 11.5. The summed E-state index contributed by atoms with van der Waals surface area (Å²) in [6.07, 6.45) is 3.44. The van der Waals surface area contributed by atoms with Crippen LogP contribution in [0.1, 0.15) is 38.5 Å². The molecule has 3 N–H and O–H groups in total. The zero-order valence-corrected chi connectivity index (χ0v) is 12.6. The van der Waals surface area contributed by atoms with Crippen LogP contribution in [0, 0.1) is 5.92 Å². The van der Waals surface area contributed by atoms with Gasteiger partial charge in [-0.2, -0.15) is 0 Å². The Kier molecular flexibility index (Phi) is 7.74. The number of nitrogens with zero attached hydrogens (tertiary/aromatic N) is 1. The smallest absolute Gasteiger partial charge is 0.321 e. The maximum Gasteiger partial charge on any atom is 0.321 e. The predicted molar refractivity (Wildman–Crippen MR) is 77.9 cm³/mol. The monoisotopic (exact) mass is 299 g/mol. The normalized spacial score (nSPS) is 16.4. The molecule has 0 atom stereocenters. The zero-order chi connectivity index (χ0) is 15.7. The highest BCUT2D eigenvalue weighted by molar-refractivity contribution is 5.94. The number of carbonyl (C=O) groups excluding carboxylic acids is 2. The lowest BCUT2D eigenvalue weighted by molar-refractivity contribution is -0.137. The third-order valence-corrected chi connectivity index (χ3v) is 3.72. The van der Waals surface area contributed by atoms with Crippen molar-refractivity contribution in [2.45, 2.75) is 38.5 Å². The summed E-state index contributed by atoms with van der Waals surface area (Å²) in [6.45, 7) is 2.75. The van der Waals surface area contributed by atoms with Crippen molar-refractivity contribution in [1.29, 1.82) is 0 Å². The average molecular weight is 299 g/mol. The van der Waals surface area contributed by atoms with E-state index < -0.39 is 17.9 Å². The Hall–Kier alpha value is -1.63. The van der Waals surface area contributed by atoms with Crippen LogP contribution in [-0.2, 0) is 9.59 Å². The van der Waals surface area contributed by atoms with Crippen LogP contribution in [0.25, 0.3) is 0 Å². The van der Waals surface area contributed by atoms with Gasteiger partial charge in [0.15, 0.2) is 0 Å². The summed E-state index contributed by atoms with van der Waals surface area (Å²) in [4.78, 5) is 35.4. The van der Waals surface area contributed by atoms with Gasteiger partial charge < -0.3 is 15.3 Å². The first-order valence-corrected chi connectivity index (χ1v) is 7.45. The number of carbonyl (C=O) groups is 3. The molecule has 1 saturated heterocycles. The van der Waals surface area contributed by atoms with Gasteiger partial charge in [-0.15, -0.1) is 0 Å². The Bertz CT molecular complexity index is 365. The van der Waals surface area contributed by atoms with Crippen molar-refractivity contribution in [1.82, 2.24) is 15.5 Å². The summed E-state index contributed by atoms with van der Waals surface area (Å²) in [5.74, 6) is -0.744. The third-order valence-electron chi connectivity index (χ3n) is 3.72. The summed E-state index contributed by atoms with van der Waals surface area (Å²) in [7, 11) is 2.11. The number of rotatable bonds is 7. The van der Waals surface area contributed by atoms with Crippen LogP contribution in [-0.4, -0.2) is 54.6 Å². The van der Waals surface area contributed by atoms with Crippen LogP contribution in [0.4, 0.5) is 4.79 Å². The topological polar surface area (TPSA) is 98.7 Å². The zero-order valence-electron chi connectivity index (χ0n) is 12.6. The Morgan fingerprint density at radius 2 is 1.86 bits per heavy atom. The fourth-order valence-electron chi connectivity index (χ4n) is 2.37. The number of nitrogens with one attached hydrogen (secondary N) is 2. The molecule has 0 saturated carbocycles. The van der Waals surface area contributed by atoms with Crippen LogP contribution in [0.2, 0.25) is 0 Å². The van der Waals surface area contributed by atoms with Gasteiger partial charge in [0.1, 0.15) is 0 Å². The molecular formula is C14H25N3O4. The Balaban J connectivity index is 2.05. The van der Waals surface area contributed by atoms with E-state index in [-0.39, 0.29) is 19.3 Å². The standard InChI is InChI=1S/C14H25N3O4/c1-17-9-6-11(7-10-17)5-8-15-14(21)16-12(18)3-2-4-13(19)20/h11H,2-10H2,1H3,(H,19,20)(H2,15,16,18,21). The van der Waals surface area contributed by atoms with Crippen molar-refractivity contribution in [2.75, 3.05) is 26.7 Å². The lowest BCUT2D eigenvalue weighted by Gasteiger charge is -2.28. The molecule has 1 aliphatic rings. The molecule has 0 spiro atoms. The van der Waals surface area contributed by atoms with Crippen molar-refractivity contribution >= 4 is 17.9 Å². The average Bonchev–Trinajstić information content (AvgIpc) is 2.40. The van der Waals surface area contributed by atoms with Crippen molar-refractivity contribution in [3.63, 3.8) is 0 Å². The number of piperidine rings is 1. The van der Waals surface area contributed by atoms with E-state index in [0.717, 1.165) is 32.4 Å². The Morgan fingerprint density at radius 3 is 2.48 bits per heavy atom. The number of amides is 3. The second kappa shape index (κ2) is 9.33. The van der Waals surface area contributed by atoms with Gasteiger partial charge >= 0.3 is 12.0 Å². The third kappa shape index (κ3) is 8.29. The van der Waals surface area contributed by atoms with Crippen molar-refractivity contribution in [2.24, 2.45) is 5.92 Å². The van der Waals surface area contributed by atoms with E-state index in [9.17, 15) is 14.4 Å². The second-order valence-corrected chi connectivity index (χ2v) is 5.59. The molecule has 0 bridgehead atoms. The molecule has 1 fully saturated rings. The fourth-order valence-corrected chi connectivity index (χ4v) is 2.37. The summed E-state index contributed by atoms with van der Waals surface area (Å²) >= 11 is 0. The van der Waals surface area contributed by atoms with Gasteiger partial charge in [-0.25, -0.2) is 4.79 Å². The first kappa shape index (κ1) is 17.4. The van der Waals surface area contributed by atoms with Gasteiger partial charge in [0, 0.05) is 19.4 Å². The molecule has 0 aromatic rings. The molecule has 0 unspecified atom stereocenters. The van der Waals surface area contributed by atoms with Crippen LogP contribution >= 0.6 is 0 Å². The minimum atomic E-state index is -0.939. The van der Waals surface area contributed by atoms with Crippen LogP contribution in [0.15, 0.2) is 0 Å². The van der Waals surface area contributed by atoms with E-state index in [1.807, 2.05) is 0 Å². The first-order chi connectivity index (χ1) is 9.97. The molecule has 0 aromatic carbocycles. The molecule has 1 rings (SSSR count). The van der Waals surface area contributed by atoms with E-state index in [1.165, 1.54) is 0 Å². The molecule has 7 nitrogen and oxygen atoms in total. The van der Waals surface area contributed by atoms with E-state index in [2.05, 4.69) is 22.6 Å². The Morgan fingerprint density at radius 1 is 1.19 bits per heavy atom. The summed E-state index contributed by atoms with van der Waals surface area (Å²) in [6, 6.07) is -0.497. The van der Waals surface area contributed by atoms with Gasteiger partial charge in [-0.1, -0.05) is 0 Å². The number of urea groups is 1. The van der Waals surface area contributed by atoms with Gasteiger partial charge in [-0.3, -0.25) is 14.9 Å². The molecule has 0 radical (unpaired) electrons. The maximum absolute atomic E-state index is 11.5. The number of hydrogen-bond acceptors (Lipinski definition) is 4. The van der Waals surface area contributed by atoms with E-state index in [4.69, 9.17) is 5.11 Å². The number of carboxylic acid groups (broad SMARTS) is 1. The number of aliphatic carboxylic acids is 1. The number of hydrogen-bond donors (Lipinski definition) is 3. The van der Waals surface area contributed by atoms with Crippen LogP contribution < -0.4 is 10.6 Å². The van der Waals surface area contributed by atoms with Crippen molar-refractivity contribution < 1.29 is 19.5 Å². The highest BCUT2D eigenvalue weighted by Crippen LogP contribution is 2.18. The molecule has 0 aliphatic carbocycles. The van der Waals surface area contributed by atoms with Gasteiger partial charge in [0.25, 0.3) is 0 Å². The minimum absolute atomic E-state index is 0.0503. The quantitative estimate of drug-likeness (QED) is 0.646. The highest BCUT2D eigenvalue weighted by atomic mass is 16.4. The lowest BCUT2D eigenvalue weighted by Crippen LogP contribution is -2.40. The van der Waals surface area contributed by atoms with Crippen molar-refractivity contribution in [3.05, 3.63) is 0 Å². The summed E-state index contributed by atoms with van der Waals surface area (Å²) < 4.78 is 0. The fraction of sp³-hybridized carbons (Fsp3) is 0.786. The number of imide groups is 1. The molecule has 3 amide bonds. The molecule has 21 heavy (non-hydrogen) atoms. The van der Waals surface area contributed by atoms with Crippen LogP contribution in [0.3, 0.4) is 0 Å². The molecule has 1 aliphatic heterocycles. The van der Waals surface area contributed by atoms with Gasteiger partial charge in [0.05, 0.1) is 0 Å². The van der Waals surface area contributed by atoms with E-state index in [0.29, 0.717) is 12.5 Å². The summed E-state index contributed by atoms with van der Waals surface area (Å²) in [5, 5.41) is 13.3. The highest BCUT2D eigenvalue weighted by Gasteiger charge is 2.16. The van der Waals surface area contributed by atoms with Gasteiger partial charge in [-0.05, 0) is 51.7 Å². The largest absolute Gasteiger partial charge is 0.481 e. The molecule has 7 heteroatoms. The Labute approximate surface area is 125 Å². The van der Waals surface area contributed by atoms with E-state index in [1.54, 1.807) is 0 Å². The number of likely N-dealkylation sites (tertiary alicyclic amines) is 1. The SMILES string of the molecule is CN1CCC(CCNC(=O)NC(=O)CCCC(=O)O)CC1. The van der Waals surface area contributed by atoms with Crippen molar-refractivity contribution in [3.8, 4) is 0 Å². The molecule has 120 valence electrons. The summed E-state index contributed by atoms with van der Waals surface area (Å²) in [5.41, 5.74) is 0. The minimum Gasteiger partial charge on any atom is -0.481 e. The van der Waals surface area contributed by atoms with Crippen LogP contribution in [0.5, 0.6) is 0 Å². The van der Waals surface area contributed by atoms with Gasteiger partial charge in [0.2, 0.25) is 5.91 Å². The molecule has 1 heterocycles. The molecule has 0 aromatic heterocycles. The second-order valence-electron chi connectivity index (χ2n) is 5.59. The predicted octanol–water partition coefficient (Wildman–Crippen LogP) is 0.799. The number of carboxylic acids is 1.